The molecule has 1 aliphatic heterocycles. The minimum atomic E-state index is -3.89. The maximum Gasteiger partial charge on any atom is 0.343 e. The Bertz CT molecular complexity index is 713. The molecule has 128 valence electrons. The topological polar surface area (TPSA) is 145 Å². The highest BCUT2D eigenvalue weighted by Gasteiger charge is 2.40. The SMILES string of the molecule is CCOC(=O)c1cnn(CCO)c1N1CC(S(N)(=O)=O)CC1=O. The van der Waals surface area contributed by atoms with E-state index in [4.69, 9.17) is 15.0 Å². The third-order valence-electron chi connectivity index (χ3n) is 3.43. The van der Waals surface area contributed by atoms with E-state index in [2.05, 4.69) is 5.10 Å². The third-order valence-corrected chi connectivity index (χ3v) is 4.67. The van der Waals surface area contributed by atoms with E-state index >= 15 is 0 Å². The molecule has 1 aromatic heterocycles. The molecule has 1 amide bonds. The normalized spacial score (nSPS) is 18.5. The molecule has 0 radical (unpaired) electrons. The molecule has 11 heteroatoms. The molecule has 2 rings (SSSR count). The fourth-order valence-electron chi connectivity index (χ4n) is 2.37. The first-order valence-corrected chi connectivity index (χ1v) is 8.56. The zero-order valence-electron chi connectivity index (χ0n) is 12.5. The van der Waals surface area contributed by atoms with Crippen LogP contribution in [0.3, 0.4) is 0 Å². The molecule has 0 aromatic carbocycles. The molecule has 0 saturated carbocycles. The molecule has 23 heavy (non-hydrogen) atoms. The number of amides is 1. The Balaban J connectivity index is 2.42. The zero-order valence-corrected chi connectivity index (χ0v) is 13.3. The van der Waals surface area contributed by atoms with Gasteiger partial charge in [0.2, 0.25) is 15.9 Å². The quantitative estimate of drug-likeness (QED) is 0.593. The van der Waals surface area contributed by atoms with Crippen LogP contribution < -0.4 is 10.0 Å². The average molecular weight is 346 g/mol. The van der Waals surface area contributed by atoms with Crippen LogP contribution in [-0.4, -0.2) is 60.2 Å². The summed E-state index contributed by atoms with van der Waals surface area (Å²) in [6.07, 6.45) is 0.950. The van der Waals surface area contributed by atoms with Crippen molar-refractivity contribution in [2.45, 2.75) is 25.1 Å². The minimum absolute atomic E-state index is 0.0312. The Morgan fingerprint density at radius 1 is 1.57 bits per heavy atom. The molecule has 0 aliphatic carbocycles. The molecule has 1 aliphatic rings. The molecule has 1 fully saturated rings. The van der Waals surface area contributed by atoms with Gasteiger partial charge in [-0.15, -0.1) is 0 Å². The van der Waals surface area contributed by atoms with Crippen LogP contribution in [0.1, 0.15) is 23.7 Å². The summed E-state index contributed by atoms with van der Waals surface area (Å²) < 4.78 is 29.1. The summed E-state index contributed by atoms with van der Waals surface area (Å²) in [4.78, 5) is 25.3. The number of nitrogens with two attached hydrogens (primary N) is 1. The number of aliphatic hydroxyl groups excluding tert-OH is 1. The second-order valence-corrected chi connectivity index (χ2v) is 6.81. The molecular weight excluding hydrogens is 328 g/mol. The number of esters is 1. The number of hydrogen-bond donors (Lipinski definition) is 2. The van der Waals surface area contributed by atoms with E-state index in [0.29, 0.717) is 0 Å². The molecule has 1 saturated heterocycles. The number of hydrogen-bond acceptors (Lipinski definition) is 7. The summed E-state index contributed by atoms with van der Waals surface area (Å²) in [7, 11) is -3.89. The van der Waals surface area contributed by atoms with E-state index in [0.717, 1.165) is 4.90 Å². The van der Waals surface area contributed by atoms with Gasteiger partial charge < -0.3 is 9.84 Å². The highest BCUT2D eigenvalue weighted by molar-refractivity contribution is 7.89. The highest BCUT2D eigenvalue weighted by atomic mass is 32.2. The van der Waals surface area contributed by atoms with Crippen LogP contribution in [0.15, 0.2) is 6.20 Å². The second-order valence-electron chi connectivity index (χ2n) is 4.97. The van der Waals surface area contributed by atoms with Gasteiger partial charge in [-0.25, -0.2) is 23.0 Å². The predicted molar refractivity (Wildman–Crippen MR) is 79.1 cm³/mol. The lowest BCUT2D eigenvalue weighted by atomic mass is 10.3. The Morgan fingerprint density at radius 3 is 2.78 bits per heavy atom. The van der Waals surface area contributed by atoms with Gasteiger partial charge in [-0.3, -0.25) is 9.69 Å². The zero-order chi connectivity index (χ0) is 17.2. The van der Waals surface area contributed by atoms with Crippen LogP contribution in [-0.2, 0) is 26.1 Å². The van der Waals surface area contributed by atoms with Crippen molar-refractivity contribution >= 4 is 27.7 Å². The number of carbonyl (C=O) groups excluding carboxylic acids is 2. The van der Waals surface area contributed by atoms with Crippen molar-refractivity contribution in [3.05, 3.63) is 11.8 Å². The first-order chi connectivity index (χ1) is 10.8. The van der Waals surface area contributed by atoms with Gasteiger partial charge >= 0.3 is 5.97 Å². The molecule has 10 nitrogen and oxygen atoms in total. The van der Waals surface area contributed by atoms with E-state index in [9.17, 15) is 18.0 Å². The molecule has 3 N–H and O–H groups in total. The van der Waals surface area contributed by atoms with Crippen molar-refractivity contribution in [2.75, 3.05) is 24.7 Å². The van der Waals surface area contributed by atoms with Crippen LogP contribution >= 0.6 is 0 Å². The molecule has 1 atom stereocenters. The van der Waals surface area contributed by atoms with E-state index in [1.807, 2.05) is 0 Å². The van der Waals surface area contributed by atoms with E-state index in [1.165, 1.54) is 10.9 Å². The summed E-state index contributed by atoms with van der Waals surface area (Å²) in [5.74, 6) is -1.07. The summed E-state index contributed by atoms with van der Waals surface area (Å²) >= 11 is 0. The maximum atomic E-state index is 12.2. The van der Waals surface area contributed by atoms with Gasteiger partial charge in [0, 0.05) is 13.0 Å². The minimum Gasteiger partial charge on any atom is -0.462 e. The Morgan fingerprint density at radius 2 is 2.26 bits per heavy atom. The Kier molecular flexibility index (Phi) is 5.02. The van der Waals surface area contributed by atoms with E-state index in [-0.39, 0.29) is 44.1 Å². The largest absolute Gasteiger partial charge is 0.462 e. The Labute approximate surface area is 132 Å². The summed E-state index contributed by atoms with van der Waals surface area (Å²) in [5.41, 5.74) is 0.0312. The van der Waals surface area contributed by atoms with Crippen LogP contribution in [0.2, 0.25) is 0 Å². The monoisotopic (exact) mass is 346 g/mol. The highest BCUT2D eigenvalue weighted by Crippen LogP contribution is 2.28. The Hall–Kier alpha value is -1.98. The standard InChI is InChI=1S/C12H18N4O6S/c1-2-22-12(19)9-6-14-16(3-4-17)11(9)15-7-8(5-10(15)18)23(13,20)21/h6,8,17H,2-5,7H2,1H3,(H2,13,20,21). The number of ether oxygens (including phenoxy) is 1. The van der Waals surface area contributed by atoms with Crippen LogP contribution in [0.4, 0.5) is 5.82 Å². The molecule has 1 aromatic rings. The van der Waals surface area contributed by atoms with Gasteiger partial charge in [-0.2, -0.15) is 5.10 Å². The van der Waals surface area contributed by atoms with Crippen molar-refractivity contribution in [2.24, 2.45) is 5.14 Å². The number of nitrogens with zero attached hydrogens (tertiary/aromatic N) is 3. The first kappa shape index (κ1) is 17.4. The lowest BCUT2D eigenvalue weighted by molar-refractivity contribution is -0.117. The predicted octanol–water partition coefficient (Wildman–Crippen LogP) is -1.55. The summed E-state index contributed by atoms with van der Waals surface area (Å²) in [5, 5.41) is 17.1. The average Bonchev–Trinajstić information content (AvgIpc) is 3.02. The number of anilines is 1. The van der Waals surface area contributed by atoms with Crippen molar-refractivity contribution in [3.8, 4) is 0 Å². The summed E-state index contributed by atoms with van der Waals surface area (Å²) in [6, 6.07) is 0. The molecule has 1 unspecified atom stereocenters. The number of rotatable bonds is 6. The van der Waals surface area contributed by atoms with E-state index in [1.54, 1.807) is 6.92 Å². The van der Waals surface area contributed by atoms with Gasteiger partial charge in [0.1, 0.15) is 16.6 Å². The van der Waals surface area contributed by atoms with Gasteiger partial charge in [0.25, 0.3) is 0 Å². The lowest BCUT2D eigenvalue weighted by Crippen LogP contribution is -2.34. The number of aromatic nitrogens is 2. The summed E-state index contributed by atoms with van der Waals surface area (Å²) in [6.45, 7) is 1.36. The fourth-order valence-corrected chi connectivity index (χ4v) is 3.11. The lowest BCUT2D eigenvalue weighted by Gasteiger charge is -2.19. The van der Waals surface area contributed by atoms with Gasteiger partial charge in [-0.1, -0.05) is 0 Å². The van der Waals surface area contributed by atoms with E-state index < -0.39 is 27.1 Å². The molecule has 2 heterocycles. The van der Waals surface area contributed by atoms with Crippen molar-refractivity contribution in [1.29, 1.82) is 0 Å². The van der Waals surface area contributed by atoms with Gasteiger partial charge in [0.15, 0.2) is 0 Å². The first-order valence-electron chi connectivity index (χ1n) is 6.95. The number of primary sulfonamides is 1. The smallest absolute Gasteiger partial charge is 0.343 e. The number of carbonyl (C=O) groups is 2. The third kappa shape index (κ3) is 3.51. The van der Waals surface area contributed by atoms with Gasteiger partial charge in [0.05, 0.1) is 26.0 Å². The van der Waals surface area contributed by atoms with Crippen molar-refractivity contribution in [3.63, 3.8) is 0 Å². The van der Waals surface area contributed by atoms with Crippen molar-refractivity contribution < 1.29 is 27.9 Å². The van der Waals surface area contributed by atoms with Crippen LogP contribution in [0, 0.1) is 0 Å². The number of aliphatic hydroxyl groups is 1. The van der Waals surface area contributed by atoms with Crippen molar-refractivity contribution in [1.82, 2.24) is 9.78 Å². The molecule has 0 bridgehead atoms. The fraction of sp³-hybridized carbons (Fsp3) is 0.583. The molecular formula is C12H18N4O6S. The second kappa shape index (κ2) is 6.64. The maximum absolute atomic E-state index is 12.2. The van der Waals surface area contributed by atoms with Crippen LogP contribution in [0.5, 0.6) is 0 Å². The van der Waals surface area contributed by atoms with Gasteiger partial charge in [-0.05, 0) is 6.92 Å². The van der Waals surface area contributed by atoms with Crippen LogP contribution in [0.25, 0.3) is 0 Å². The molecule has 0 spiro atoms. The number of sulfonamides is 1.